The Bertz CT molecular complexity index is 1330. The molecule has 2 aromatic rings. The average molecular weight is 540 g/mol. The highest BCUT2D eigenvalue weighted by Gasteiger charge is 2.43. The van der Waals surface area contributed by atoms with E-state index in [0.29, 0.717) is 40.0 Å². The molecule has 0 radical (unpaired) electrons. The molecule has 35 heavy (non-hydrogen) atoms. The first-order valence-corrected chi connectivity index (χ1v) is 11.7. The van der Waals surface area contributed by atoms with E-state index in [1.165, 1.54) is 12.1 Å². The maximum absolute atomic E-state index is 14.1. The van der Waals surface area contributed by atoms with Crippen LogP contribution in [0.25, 0.3) is 0 Å². The number of para-hydroxylation sites is 1. The van der Waals surface area contributed by atoms with Crippen molar-refractivity contribution in [3.63, 3.8) is 0 Å². The third-order valence-corrected chi connectivity index (χ3v) is 6.36. The number of amides is 1. The van der Waals surface area contributed by atoms with Gasteiger partial charge in [-0.1, -0.05) is 48.0 Å². The van der Waals surface area contributed by atoms with Gasteiger partial charge in [0.1, 0.15) is 29.0 Å². The van der Waals surface area contributed by atoms with Crippen LogP contribution in [0.2, 0.25) is 0 Å². The molecular formula is C26H23BrFN3O4. The molecule has 1 aliphatic carbocycles. The third-order valence-electron chi connectivity index (χ3n) is 5.87. The molecule has 2 aromatic carbocycles. The Balaban J connectivity index is 1.63. The number of nitrogens with one attached hydrogen (secondary N) is 1. The van der Waals surface area contributed by atoms with Crippen molar-refractivity contribution in [3.8, 4) is 11.8 Å². The third kappa shape index (κ3) is 5.08. The van der Waals surface area contributed by atoms with Crippen LogP contribution in [0.3, 0.4) is 0 Å². The number of rotatable bonds is 5. The molecule has 0 aromatic heterocycles. The summed E-state index contributed by atoms with van der Waals surface area (Å²) in [5.41, 5.74) is 6.80. The number of carbonyl (C=O) groups is 2. The highest BCUT2D eigenvalue weighted by atomic mass is 79.9. The number of nitrogens with zero attached hydrogens (tertiary/aromatic N) is 1. The second-order valence-electron chi connectivity index (χ2n) is 9.20. The van der Waals surface area contributed by atoms with Crippen LogP contribution in [0.5, 0.6) is 5.75 Å². The first kappa shape index (κ1) is 24.5. The number of benzene rings is 2. The monoisotopic (exact) mass is 539 g/mol. The highest BCUT2D eigenvalue weighted by molar-refractivity contribution is 9.10. The number of hydrogen-bond acceptors (Lipinski definition) is 6. The summed E-state index contributed by atoms with van der Waals surface area (Å²) in [6.07, 6.45) is 0.794. The molecule has 0 saturated heterocycles. The Morgan fingerprint density at radius 1 is 1.31 bits per heavy atom. The maximum atomic E-state index is 14.1. The summed E-state index contributed by atoms with van der Waals surface area (Å²) in [5.74, 6) is -1.37. The molecule has 1 unspecified atom stereocenters. The van der Waals surface area contributed by atoms with Crippen LogP contribution >= 0.6 is 15.9 Å². The molecule has 2 aliphatic rings. The predicted molar refractivity (Wildman–Crippen MR) is 130 cm³/mol. The molecule has 1 heterocycles. The van der Waals surface area contributed by atoms with Crippen molar-refractivity contribution in [1.29, 1.82) is 5.26 Å². The lowest BCUT2D eigenvalue weighted by Gasteiger charge is -2.37. The molecule has 4 rings (SSSR count). The molecule has 1 amide bonds. The maximum Gasteiger partial charge on any atom is 0.262 e. The zero-order chi connectivity index (χ0) is 25.3. The van der Waals surface area contributed by atoms with Crippen molar-refractivity contribution in [3.05, 3.63) is 81.1 Å². The Morgan fingerprint density at radius 3 is 2.77 bits per heavy atom. The van der Waals surface area contributed by atoms with E-state index in [-0.39, 0.29) is 28.3 Å². The largest absolute Gasteiger partial charge is 0.483 e. The zero-order valence-electron chi connectivity index (χ0n) is 19.2. The van der Waals surface area contributed by atoms with Crippen molar-refractivity contribution in [2.24, 2.45) is 11.1 Å². The van der Waals surface area contributed by atoms with Crippen molar-refractivity contribution in [1.82, 2.24) is 0 Å². The van der Waals surface area contributed by atoms with Crippen LogP contribution in [-0.2, 0) is 14.3 Å². The number of allylic oxidation sites excluding steroid dienone is 3. The lowest BCUT2D eigenvalue weighted by atomic mass is 9.70. The SMILES string of the molecule is CC1(C)CC(=O)C2=C(C1)OC(N)=C(C#N)C2c1ccccc1OCC(=O)Nc1ccc(Br)cc1F. The molecule has 0 bridgehead atoms. The zero-order valence-corrected chi connectivity index (χ0v) is 20.7. The van der Waals surface area contributed by atoms with Crippen LogP contribution in [0.4, 0.5) is 10.1 Å². The van der Waals surface area contributed by atoms with Gasteiger partial charge in [-0.3, -0.25) is 9.59 Å². The van der Waals surface area contributed by atoms with Crippen LogP contribution in [0, 0.1) is 22.6 Å². The van der Waals surface area contributed by atoms with E-state index in [1.807, 2.05) is 13.8 Å². The minimum Gasteiger partial charge on any atom is -0.483 e. The van der Waals surface area contributed by atoms with Gasteiger partial charge in [-0.2, -0.15) is 5.26 Å². The van der Waals surface area contributed by atoms with E-state index in [0.717, 1.165) is 0 Å². The molecule has 0 saturated carbocycles. The van der Waals surface area contributed by atoms with Crippen molar-refractivity contribution in [2.75, 3.05) is 11.9 Å². The molecule has 7 nitrogen and oxygen atoms in total. The van der Waals surface area contributed by atoms with Crippen LogP contribution in [-0.4, -0.2) is 18.3 Å². The number of anilines is 1. The summed E-state index contributed by atoms with van der Waals surface area (Å²) in [6, 6.07) is 13.2. The van der Waals surface area contributed by atoms with E-state index in [1.54, 1.807) is 30.3 Å². The van der Waals surface area contributed by atoms with Crippen LogP contribution in [0.1, 0.15) is 38.2 Å². The smallest absolute Gasteiger partial charge is 0.262 e. The normalized spacial score (nSPS) is 18.9. The fourth-order valence-electron chi connectivity index (χ4n) is 4.37. The van der Waals surface area contributed by atoms with Gasteiger partial charge in [0.15, 0.2) is 12.4 Å². The topological polar surface area (TPSA) is 114 Å². The Morgan fingerprint density at radius 2 is 2.06 bits per heavy atom. The Labute approximate surface area is 210 Å². The minimum absolute atomic E-state index is 0.0206. The first-order chi connectivity index (χ1) is 16.6. The highest BCUT2D eigenvalue weighted by Crippen LogP contribution is 2.49. The Hall–Kier alpha value is -3.64. The lowest BCUT2D eigenvalue weighted by Crippen LogP contribution is -2.33. The van der Waals surface area contributed by atoms with Gasteiger partial charge in [-0.05, 0) is 29.7 Å². The Kier molecular flexibility index (Phi) is 6.68. The molecule has 9 heteroatoms. The van der Waals surface area contributed by atoms with Gasteiger partial charge in [0.25, 0.3) is 5.91 Å². The minimum atomic E-state index is -0.782. The molecule has 1 aliphatic heterocycles. The number of Topliss-reactive ketones (excluding diaryl/α,β-unsaturated/α-hetero) is 1. The van der Waals surface area contributed by atoms with Gasteiger partial charge in [0, 0.05) is 28.5 Å². The summed E-state index contributed by atoms with van der Waals surface area (Å²) in [7, 11) is 0. The van der Waals surface area contributed by atoms with Gasteiger partial charge in [-0.15, -0.1) is 0 Å². The number of hydrogen-bond donors (Lipinski definition) is 2. The fraction of sp³-hybridized carbons (Fsp3) is 0.269. The van der Waals surface area contributed by atoms with E-state index < -0.39 is 24.2 Å². The lowest BCUT2D eigenvalue weighted by molar-refractivity contribution is -0.119. The van der Waals surface area contributed by atoms with Gasteiger partial charge in [0.05, 0.1) is 11.6 Å². The molecule has 1 atom stereocenters. The molecule has 0 fully saturated rings. The molecular weight excluding hydrogens is 517 g/mol. The summed E-state index contributed by atoms with van der Waals surface area (Å²) < 4.78 is 26.1. The number of halogens is 2. The molecule has 180 valence electrons. The second-order valence-corrected chi connectivity index (χ2v) is 10.1. The van der Waals surface area contributed by atoms with Crippen molar-refractivity contribution >= 4 is 33.3 Å². The fourth-order valence-corrected chi connectivity index (χ4v) is 4.70. The number of ether oxygens (including phenoxy) is 2. The summed E-state index contributed by atoms with van der Waals surface area (Å²) in [6.45, 7) is 3.52. The number of nitrogens with two attached hydrogens (primary N) is 1. The van der Waals surface area contributed by atoms with Gasteiger partial charge < -0.3 is 20.5 Å². The van der Waals surface area contributed by atoms with Crippen molar-refractivity contribution in [2.45, 2.75) is 32.6 Å². The standard InChI is InChI=1S/C26H23BrFN3O4/c1-26(2)10-19(32)24-21(11-26)35-25(30)16(12-29)23(24)15-5-3-4-6-20(15)34-13-22(33)31-18-8-7-14(27)9-17(18)28/h3-9,23H,10-11,13,30H2,1-2H3,(H,31,33). The van der Waals surface area contributed by atoms with Crippen molar-refractivity contribution < 1.29 is 23.5 Å². The quantitative estimate of drug-likeness (QED) is 0.548. The van der Waals surface area contributed by atoms with Crippen LogP contribution in [0.15, 0.2) is 69.7 Å². The first-order valence-electron chi connectivity index (χ1n) is 10.9. The second kappa shape index (κ2) is 9.55. The average Bonchev–Trinajstić information content (AvgIpc) is 2.78. The van der Waals surface area contributed by atoms with Gasteiger partial charge in [-0.25, -0.2) is 4.39 Å². The van der Waals surface area contributed by atoms with Crippen LogP contribution < -0.4 is 15.8 Å². The predicted octanol–water partition coefficient (Wildman–Crippen LogP) is 5.06. The van der Waals surface area contributed by atoms with E-state index >= 15 is 0 Å². The molecule has 3 N–H and O–H groups in total. The summed E-state index contributed by atoms with van der Waals surface area (Å²) >= 11 is 3.17. The van der Waals surface area contributed by atoms with Gasteiger partial charge in [0.2, 0.25) is 5.88 Å². The van der Waals surface area contributed by atoms with Gasteiger partial charge >= 0.3 is 0 Å². The number of nitriles is 1. The number of carbonyl (C=O) groups excluding carboxylic acids is 2. The summed E-state index contributed by atoms with van der Waals surface area (Å²) in [5, 5.41) is 12.3. The van der Waals surface area contributed by atoms with E-state index in [4.69, 9.17) is 15.2 Å². The summed E-state index contributed by atoms with van der Waals surface area (Å²) in [4.78, 5) is 25.6. The molecule has 0 spiro atoms. The van der Waals surface area contributed by atoms with E-state index in [2.05, 4.69) is 27.3 Å². The van der Waals surface area contributed by atoms with E-state index in [9.17, 15) is 19.2 Å². The number of ketones is 1.